The molecule has 5 nitrogen and oxygen atoms in total. The summed E-state index contributed by atoms with van der Waals surface area (Å²) in [4.78, 5) is 13.6. The number of anilines is 1. The Balaban J connectivity index is 2.23. The van der Waals surface area contributed by atoms with Crippen LogP contribution in [-0.2, 0) is 4.79 Å². The lowest BCUT2D eigenvalue weighted by Gasteiger charge is -2.30. The van der Waals surface area contributed by atoms with Crippen LogP contribution in [-0.4, -0.2) is 36.5 Å². The maximum absolute atomic E-state index is 11.6. The number of nitrogens with one attached hydrogen (secondary N) is 1. The second kappa shape index (κ2) is 5.53. The minimum atomic E-state index is 0.0108. The third-order valence-electron chi connectivity index (χ3n) is 3.00. The minimum absolute atomic E-state index is 0.0108. The zero-order valence-corrected chi connectivity index (χ0v) is 10.4. The number of nitrogens with zero attached hydrogens (tertiary/aromatic N) is 2. The first-order valence-corrected chi connectivity index (χ1v) is 6.08. The van der Waals surface area contributed by atoms with E-state index in [0.717, 1.165) is 11.3 Å². The number of carbonyl (C=O) groups excluding carboxylic acids is 1. The Labute approximate surface area is 106 Å². The van der Waals surface area contributed by atoms with Crippen molar-refractivity contribution in [2.75, 3.05) is 24.5 Å². The lowest BCUT2D eigenvalue weighted by Crippen LogP contribution is -2.41. The summed E-state index contributed by atoms with van der Waals surface area (Å²) in [5.41, 5.74) is 2.52. The summed E-state index contributed by atoms with van der Waals surface area (Å²) < 4.78 is 0. The van der Waals surface area contributed by atoms with Crippen molar-refractivity contribution in [1.29, 1.82) is 0 Å². The molecule has 0 saturated carbocycles. The summed E-state index contributed by atoms with van der Waals surface area (Å²) >= 11 is 0. The molecule has 18 heavy (non-hydrogen) atoms. The number of hydrogen-bond donors (Lipinski definition) is 2. The Hall–Kier alpha value is -2.04. The number of rotatable bonds is 3. The van der Waals surface area contributed by atoms with Gasteiger partial charge in [0, 0.05) is 30.8 Å². The van der Waals surface area contributed by atoms with Crippen molar-refractivity contribution in [2.24, 2.45) is 5.16 Å². The molecule has 5 heteroatoms. The lowest BCUT2D eigenvalue weighted by atomic mass is 9.99. The standard InChI is InChI=1S/C13H17N3O2/c1-2-14-13(17)9-16-8-7-11(15-18)10-5-3-4-6-12(10)16/h3-6,18H,2,7-9H2,1H3,(H,14,17). The van der Waals surface area contributed by atoms with E-state index in [-0.39, 0.29) is 5.91 Å². The molecule has 1 amide bonds. The van der Waals surface area contributed by atoms with Gasteiger partial charge in [0.05, 0.1) is 12.3 Å². The highest BCUT2D eigenvalue weighted by molar-refractivity contribution is 6.07. The molecule has 1 aliphatic rings. The molecule has 0 radical (unpaired) electrons. The van der Waals surface area contributed by atoms with E-state index in [1.54, 1.807) is 0 Å². The molecule has 1 aromatic rings. The Morgan fingerprint density at radius 3 is 3.00 bits per heavy atom. The average Bonchev–Trinajstić information content (AvgIpc) is 2.39. The van der Waals surface area contributed by atoms with Crippen molar-refractivity contribution >= 4 is 17.3 Å². The van der Waals surface area contributed by atoms with Crippen LogP contribution in [0.2, 0.25) is 0 Å². The van der Waals surface area contributed by atoms with Crippen LogP contribution in [0.15, 0.2) is 29.4 Å². The third kappa shape index (κ3) is 2.45. The average molecular weight is 247 g/mol. The number of fused-ring (bicyclic) bond motifs is 1. The minimum Gasteiger partial charge on any atom is -0.411 e. The summed E-state index contributed by atoms with van der Waals surface area (Å²) in [7, 11) is 0. The molecule has 0 atom stereocenters. The number of oxime groups is 1. The monoisotopic (exact) mass is 247 g/mol. The fourth-order valence-corrected chi connectivity index (χ4v) is 2.18. The maximum atomic E-state index is 11.6. The first-order chi connectivity index (χ1) is 8.76. The molecule has 0 bridgehead atoms. The highest BCUT2D eigenvalue weighted by Crippen LogP contribution is 2.26. The van der Waals surface area contributed by atoms with Crippen molar-refractivity contribution in [2.45, 2.75) is 13.3 Å². The van der Waals surface area contributed by atoms with Gasteiger partial charge in [0.15, 0.2) is 0 Å². The van der Waals surface area contributed by atoms with Crippen LogP contribution in [0.4, 0.5) is 5.69 Å². The van der Waals surface area contributed by atoms with Gasteiger partial charge in [-0.25, -0.2) is 0 Å². The zero-order valence-electron chi connectivity index (χ0n) is 10.4. The van der Waals surface area contributed by atoms with Gasteiger partial charge in [0.25, 0.3) is 0 Å². The summed E-state index contributed by atoms with van der Waals surface area (Å²) in [6, 6.07) is 7.68. The molecule has 2 N–H and O–H groups in total. The molecule has 2 rings (SSSR count). The van der Waals surface area contributed by atoms with Crippen LogP contribution >= 0.6 is 0 Å². The topological polar surface area (TPSA) is 64.9 Å². The first-order valence-electron chi connectivity index (χ1n) is 6.08. The van der Waals surface area contributed by atoms with Gasteiger partial charge < -0.3 is 15.4 Å². The second-order valence-electron chi connectivity index (χ2n) is 4.19. The molecule has 1 heterocycles. The van der Waals surface area contributed by atoms with Gasteiger partial charge >= 0.3 is 0 Å². The molecular formula is C13H17N3O2. The van der Waals surface area contributed by atoms with E-state index in [1.807, 2.05) is 36.1 Å². The molecule has 0 spiro atoms. The molecular weight excluding hydrogens is 230 g/mol. The normalized spacial score (nSPS) is 16.5. The SMILES string of the molecule is CCNC(=O)CN1CCC(=NO)c2ccccc21. The van der Waals surface area contributed by atoms with Crippen molar-refractivity contribution < 1.29 is 10.0 Å². The summed E-state index contributed by atoms with van der Waals surface area (Å²) in [6.45, 7) is 3.56. The van der Waals surface area contributed by atoms with Gasteiger partial charge in [-0.05, 0) is 13.0 Å². The van der Waals surface area contributed by atoms with Crippen molar-refractivity contribution in [1.82, 2.24) is 5.32 Å². The fourth-order valence-electron chi connectivity index (χ4n) is 2.18. The summed E-state index contributed by atoms with van der Waals surface area (Å²) in [6.07, 6.45) is 0.646. The van der Waals surface area contributed by atoms with E-state index in [4.69, 9.17) is 5.21 Å². The van der Waals surface area contributed by atoms with E-state index >= 15 is 0 Å². The maximum Gasteiger partial charge on any atom is 0.239 e. The Morgan fingerprint density at radius 1 is 1.50 bits per heavy atom. The van der Waals surface area contributed by atoms with E-state index < -0.39 is 0 Å². The first kappa shape index (κ1) is 12.4. The summed E-state index contributed by atoms with van der Waals surface area (Å²) in [5, 5.41) is 15.1. The molecule has 96 valence electrons. The molecule has 0 unspecified atom stereocenters. The number of amides is 1. The summed E-state index contributed by atoms with van der Waals surface area (Å²) in [5.74, 6) is 0.0108. The van der Waals surface area contributed by atoms with Crippen LogP contribution in [0.3, 0.4) is 0 Å². The van der Waals surface area contributed by atoms with Crippen LogP contribution in [0.1, 0.15) is 18.9 Å². The predicted octanol–water partition coefficient (Wildman–Crippen LogP) is 1.21. The molecule has 0 aromatic heterocycles. The number of carbonyl (C=O) groups is 1. The van der Waals surface area contributed by atoms with Gasteiger partial charge in [-0.2, -0.15) is 0 Å². The van der Waals surface area contributed by atoms with Crippen LogP contribution in [0.25, 0.3) is 0 Å². The van der Waals surface area contributed by atoms with E-state index in [2.05, 4.69) is 10.5 Å². The van der Waals surface area contributed by atoms with Crippen molar-refractivity contribution in [3.63, 3.8) is 0 Å². The molecule has 0 fully saturated rings. The lowest BCUT2D eigenvalue weighted by molar-refractivity contribution is -0.119. The number of hydrogen-bond acceptors (Lipinski definition) is 4. The molecule has 0 aliphatic carbocycles. The third-order valence-corrected chi connectivity index (χ3v) is 3.00. The zero-order chi connectivity index (χ0) is 13.0. The highest BCUT2D eigenvalue weighted by Gasteiger charge is 2.22. The smallest absolute Gasteiger partial charge is 0.239 e. The van der Waals surface area contributed by atoms with Crippen LogP contribution in [0.5, 0.6) is 0 Å². The van der Waals surface area contributed by atoms with Gasteiger partial charge in [-0.15, -0.1) is 0 Å². The van der Waals surface area contributed by atoms with E-state index in [1.165, 1.54) is 0 Å². The molecule has 1 aromatic carbocycles. The van der Waals surface area contributed by atoms with E-state index in [9.17, 15) is 4.79 Å². The van der Waals surface area contributed by atoms with Crippen molar-refractivity contribution in [3.8, 4) is 0 Å². The number of para-hydroxylation sites is 1. The largest absolute Gasteiger partial charge is 0.411 e. The Morgan fingerprint density at radius 2 is 2.28 bits per heavy atom. The van der Waals surface area contributed by atoms with Crippen molar-refractivity contribution in [3.05, 3.63) is 29.8 Å². The molecule has 1 aliphatic heterocycles. The quantitative estimate of drug-likeness (QED) is 0.623. The number of benzene rings is 1. The highest BCUT2D eigenvalue weighted by atomic mass is 16.4. The predicted molar refractivity (Wildman–Crippen MR) is 70.3 cm³/mol. The van der Waals surface area contributed by atoms with E-state index in [0.29, 0.717) is 31.8 Å². The van der Waals surface area contributed by atoms with Gasteiger partial charge in [-0.3, -0.25) is 4.79 Å². The fraction of sp³-hybridized carbons (Fsp3) is 0.385. The Kier molecular flexibility index (Phi) is 3.82. The van der Waals surface area contributed by atoms with Gasteiger partial charge in [0.1, 0.15) is 0 Å². The van der Waals surface area contributed by atoms with Gasteiger partial charge in [0.2, 0.25) is 5.91 Å². The Bertz CT molecular complexity index is 471. The molecule has 0 saturated heterocycles. The van der Waals surface area contributed by atoms with Crippen LogP contribution in [0, 0.1) is 0 Å². The number of likely N-dealkylation sites (N-methyl/N-ethyl adjacent to an activating group) is 1. The second-order valence-corrected chi connectivity index (χ2v) is 4.19. The van der Waals surface area contributed by atoms with Gasteiger partial charge in [-0.1, -0.05) is 23.4 Å². The van der Waals surface area contributed by atoms with Crippen LogP contribution < -0.4 is 10.2 Å².